The van der Waals surface area contributed by atoms with Crippen LogP contribution < -0.4 is 15.9 Å². The zero-order chi connectivity index (χ0) is 21.3. The molecule has 1 aromatic carbocycles. The maximum absolute atomic E-state index is 12.6. The van der Waals surface area contributed by atoms with Crippen molar-refractivity contribution in [3.8, 4) is 0 Å². The fraction of sp³-hybridized carbons (Fsp3) is 0.364. The molecule has 2 aromatic heterocycles. The molecule has 0 spiro atoms. The monoisotopic (exact) mass is 406 g/mol. The number of amides is 1. The third kappa shape index (κ3) is 4.27. The van der Waals surface area contributed by atoms with Crippen molar-refractivity contribution >= 4 is 11.9 Å². The standard InChI is InChI=1S/C22H26N6O2/c1-22(2)9-16(25-19(29)18-12-24-21(30)27-18)15-11-23-20(26-17(15)10-22)28(3)13-14-7-5-4-6-8-14/h4-8,11-12,16H,9-10,13H2,1-3H3,(H,25,29)(H2,24,27,30). The summed E-state index contributed by atoms with van der Waals surface area (Å²) in [5.41, 5.74) is 2.85. The maximum atomic E-state index is 12.6. The average Bonchev–Trinajstić information content (AvgIpc) is 3.14. The Labute approximate surface area is 174 Å². The fourth-order valence-corrected chi connectivity index (χ4v) is 3.97. The molecule has 2 heterocycles. The number of nitrogens with one attached hydrogen (secondary N) is 3. The second-order valence-electron chi connectivity index (χ2n) is 8.64. The summed E-state index contributed by atoms with van der Waals surface area (Å²) >= 11 is 0. The quantitative estimate of drug-likeness (QED) is 0.604. The number of nitrogens with zero attached hydrogens (tertiary/aromatic N) is 3. The number of carbonyl (C=O) groups is 1. The molecule has 1 amide bonds. The summed E-state index contributed by atoms with van der Waals surface area (Å²) in [4.78, 5) is 40.3. The van der Waals surface area contributed by atoms with Crippen molar-refractivity contribution in [3.05, 3.63) is 75.7 Å². The number of benzene rings is 1. The first kappa shape index (κ1) is 19.9. The molecule has 8 nitrogen and oxygen atoms in total. The molecule has 3 N–H and O–H groups in total. The molecule has 0 radical (unpaired) electrons. The van der Waals surface area contributed by atoms with Crippen LogP contribution in [0.4, 0.5) is 5.95 Å². The average molecular weight is 406 g/mol. The predicted octanol–water partition coefficient (Wildman–Crippen LogP) is 2.57. The number of fused-ring (bicyclic) bond motifs is 1. The maximum Gasteiger partial charge on any atom is 0.323 e. The van der Waals surface area contributed by atoms with Crippen LogP contribution in [0.2, 0.25) is 0 Å². The van der Waals surface area contributed by atoms with Gasteiger partial charge in [0.05, 0.1) is 11.7 Å². The molecule has 30 heavy (non-hydrogen) atoms. The van der Waals surface area contributed by atoms with Crippen molar-refractivity contribution in [1.29, 1.82) is 0 Å². The summed E-state index contributed by atoms with van der Waals surface area (Å²) in [7, 11) is 1.98. The summed E-state index contributed by atoms with van der Waals surface area (Å²) in [6.07, 6.45) is 4.78. The van der Waals surface area contributed by atoms with Crippen LogP contribution in [0.5, 0.6) is 0 Å². The Balaban J connectivity index is 1.58. The van der Waals surface area contributed by atoms with Gasteiger partial charge in [0.15, 0.2) is 0 Å². The summed E-state index contributed by atoms with van der Waals surface area (Å²) in [5, 5.41) is 3.03. The lowest BCUT2D eigenvalue weighted by molar-refractivity contribution is 0.0914. The van der Waals surface area contributed by atoms with Gasteiger partial charge in [-0.25, -0.2) is 14.8 Å². The molecular formula is C22H26N6O2. The molecule has 0 aliphatic heterocycles. The highest BCUT2D eigenvalue weighted by atomic mass is 16.2. The van der Waals surface area contributed by atoms with E-state index in [1.807, 2.05) is 36.3 Å². The van der Waals surface area contributed by atoms with E-state index >= 15 is 0 Å². The fourth-order valence-electron chi connectivity index (χ4n) is 3.97. The van der Waals surface area contributed by atoms with Gasteiger partial charge in [-0.3, -0.25) is 4.79 Å². The smallest absolute Gasteiger partial charge is 0.323 e. The largest absolute Gasteiger partial charge is 0.344 e. The Bertz CT molecular complexity index is 1100. The van der Waals surface area contributed by atoms with Gasteiger partial charge in [0.25, 0.3) is 5.91 Å². The number of rotatable bonds is 5. The molecule has 1 unspecified atom stereocenters. The number of imidazole rings is 1. The zero-order valence-electron chi connectivity index (χ0n) is 17.4. The molecule has 0 saturated heterocycles. The van der Waals surface area contributed by atoms with Crippen LogP contribution in [-0.4, -0.2) is 32.9 Å². The van der Waals surface area contributed by atoms with Gasteiger partial charge in [-0.15, -0.1) is 0 Å². The summed E-state index contributed by atoms with van der Waals surface area (Å²) in [6, 6.07) is 9.97. The van der Waals surface area contributed by atoms with Crippen LogP contribution in [0, 0.1) is 5.41 Å². The van der Waals surface area contributed by atoms with Crippen LogP contribution in [0.1, 0.15) is 53.6 Å². The van der Waals surface area contributed by atoms with Crippen molar-refractivity contribution in [2.24, 2.45) is 5.41 Å². The highest BCUT2D eigenvalue weighted by Gasteiger charge is 2.35. The lowest BCUT2D eigenvalue weighted by atomic mass is 9.74. The molecule has 156 valence electrons. The highest BCUT2D eigenvalue weighted by Crippen LogP contribution is 2.40. The number of aromatic nitrogens is 4. The first-order valence-electron chi connectivity index (χ1n) is 10.0. The van der Waals surface area contributed by atoms with Crippen molar-refractivity contribution in [1.82, 2.24) is 25.3 Å². The number of carbonyl (C=O) groups excluding carboxylic acids is 1. The summed E-state index contributed by atoms with van der Waals surface area (Å²) < 4.78 is 0. The first-order valence-corrected chi connectivity index (χ1v) is 10.0. The van der Waals surface area contributed by atoms with Crippen molar-refractivity contribution in [3.63, 3.8) is 0 Å². The Morgan fingerprint density at radius 2 is 2.07 bits per heavy atom. The SMILES string of the molecule is CN(Cc1ccccc1)c1ncc2c(n1)CC(C)(C)CC2NC(=O)c1c[nH]c(=O)[nH]1. The topological polar surface area (TPSA) is 107 Å². The second-order valence-corrected chi connectivity index (χ2v) is 8.64. The van der Waals surface area contributed by atoms with Gasteiger partial charge >= 0.3 is 5.69 Å². The lowest BCUT2D eigenvalue weighted by Crippen LogP contribution is -2.37. The molecule has 8 heteroatoms. The number of hydrogen-bond acceptors (Lipinski definition) is 5. The van der Waals surface area contributed by atoms with Crippen LogP contribution in [0.3, 0.4) is 0 Å². The number of H-pyrrole nitrogens is 2. The van der Waals surface area contributed by atoms with Crippen molar-refractivity contribution in [2.45, 2.75) is 39.3 Å². The van der Waals surface area contributed by atoms with Gasteiger partial charge in [0, 0.05) is 31.5 Å². The minimum atomic E-state index is -0.404. The summed E-state index contributed by atoms with van der Waals surface area (Å²) in [5.74, 6) is 0.336. The molecule has 1 aliphatic rings. The molecular weight excluding hydrogens is 380 g/mol. The van der Waals surface area contributed by atoms with Crippen LogP contribution in [0.25, 0.3) is 0 Å². The van der Waals surface area contributed by atoms with E-state index in [-0.39, 0.29) is 23.1 Å². The third-order valence-corrected chi connectivity index (χ3v) is 5.42. The van der Waals surface area contributed by atoms with E-state index in [0.717, 1.165) is 24.1 Å². The van der Waals surface area contributed by atoms with E-state index in [0.29, 0.717) is 12.5 Å². The van der Waals surface area contributed by atoms with E-state index in [1.165, 1.54) is 11.8 Å². The summed E-state index contributed by atoms with van der Waals surface area (Å²) in [6.45, 7) is 5.05. The lowest BCUT2D eigenvalue weighted by Gasteiger charge is -2.36. The number of hydrogen-bond donors (Lipinski definition) is 3. The minimum Gasteiger partial charge on any atom is -0.344 e. The molecule has 0 fully saturated rings. The second kappa shape index (κ2) is 7.78. The minimum absolute atomic E-state index is 0.0277. The Morgan fingerprint density at radius 3 is 2.77 bits per heavy atom. The Hall–Kier alpha value is -3.42. The Kier molecular flexibility index (Phi) is 5.15. The van der Waals surface area contributed by atoms with Gasteiger partial charge in [0.2, 0.25) is 5.95 Å². The van der Waals surface area contributed by atoms with Crippen molar-refractivity contribution < 1.29 is 4.79 Å². The first-order chi connectivity index (χ1) is 14.3. The molecule has 1 atom stereocenters. The van der Waals surface area contributed by atoms with Crippen LogP contribution >= 0.6 is 0 Å². The van der Waals surface area contributed by atoms with E-state index < -0.39 is 5.69 Å². The van der Waals surface area contributed by atoms with E-state index in [9.17, 15) is 9.59 Å². The van der Waals surface area contributed by atoms with Gasteiger partial charge in [-0.05, 0) is 23.8 Å². The molecule has 0 saturated carbocycles. The van der Waals surface area contributed by atoms with E-state index in [2.05, 4.69) is 46.2 Å². The van der Waals surface area contributed by atoms with Gasteiger partial charge in [-0.2, -0.15) is 0 Å². The van der Waals surface area contributed by atoms with Crippen LogP contribution in [-0.2, 0) is 13.0 Å². The molecule has 4 rings (SSSR count). The van der Waals surface area contributed by atoms with Crippen LogP contribution in [0.15, 0.2) is 47.5 Å². The van der Waals surface area contributed by atoms with Crippen molar-refractivity contribution in [2.75, 3.05) is 11.9 Å². The highest BCUT2D eigenvalue weighted by molar-refractivity contribution is 5.92. The van der Waals surface area contributed by atoms with E-state index in [1.54, 1.807) is 0 Å². The Morgan fingerprint density at radius 1 is 1.30 bits per heavy atom. The molecule has 1 aliphatic carbocycles. The number of anilines is 1. The van der Waals surface area contributed by atoms with Gasteiger partial charge in [0.1, 0.15) is 5.69 Å². The van der Waals surface area contributed by atoms with Gasteiger partial charge in [-0.1, -0.05) is 44.2 Å². The van der Waals surface area contributed by atoms with Gasteiger partial charge < -0.3 is 20.2 Å². The molecule has 0 bridgehead atoms. The zero-order valence-corrected chi connectivity index (χ0v) is 17.4. The normalized spacial score (nSPS) is 17.2. The molecule has 3 aromatic rings. The predicted molar refractivity (Wildman–Crippen MR) is 114 cm³/mol. The number of aromatic amines is 2. The van der Waals surface area contributed by atoms with E-state index in [4.69, 9.17) is 4.98 Å². The third-order valence-electron chi connectivity index (χ3n) is 5.42.